The van der Waals surface area contributed by atoms with E-state index in [2.05, 4.69) is 28.8 Å². The monoisotopic (exact) mass is 443 g/mol. The standard InChI is InChI=1S/C28H33N3O2/c1-6-22(28(32)33-25-11-9-15-29-18-25)16-24-17-23(14-13-19(24)3)21(5)27(30-7-2)26-12-8-10-20(4)31-26/h6-8,10,12-14,16-17,25,29-30H,2-3,9,11,15,18H2,1,4-5H3/b22-6+,24-16-,27-21+/t25-/m1/s1. The highest BCUT2D eigenvalue weighted by Crippen LogP contribution is 2.22. The lowest BCUT2D eigenvalue weighted by Crippen LogP contribution is -2.37. The van der Waals surface area contributed by atoms with E-state index in [1.165, 1.54) is 0 Å². The minimum atomic E-state index is -0.304. The van der Waals surface area contributed by atoms with E-state index in [0.29, 0.717) is 12.1 Å². The fraction of sp³-hybridized carbons (Fsp3) is 0.286. The first-order valence-electron chi connectivity index (χ1n) is 11.3. The van der Waals surface area contributed by atoms with Crippen LogP contribution in [-0.4, -0.2) is 30.1 Å². The van der Waals surface area contributed by atoms with E-state index in [4.69, 9.17) is 4.74 Å². The summed E-state index contributed by atoms with van der Waals surface area (Å²) in [4.78, 5) is 17.4. The van der Waals surface area contributed by atoms with Gasteiger partial charge in [0.1, 0.15) is 6.10 Å². The van der Waals surface area contributed by atoms with Gasteiger partial charge in [0.15, 0.2) is 0 Å². The molecule has 0 unspecified atom stereocenters. The summed E-state index contributed by atoms with van der Waals surface area (Å²) in [6.45, 7) is 15.5. The number of carbonyl (C=O) groups excluding carboxylic acids is 1. The van der Waals surface area contributed by atoms with Crippen molar-refractivity contribution >= 4 is 29.9 Å². The van der Waals surface area contributed by atoms with Crippen LogP contribution in [0.2, 0.25) is 0 Å². The Morgan fingerprint density at radius 2 is 2.12 bits per heavy atom. The molecule has 1 saturated heterocycles. The number of carbonyl (C=O) groups is 1. The number of aryl methyl sites for hydroxylation is 1. The third-order valence-electron chi connectivity index (χ3n) is 5.73. The lowest BCUT2D eigenvalue weighted by Gasteiger charge is -2.23. The van der Waals surface area contributed by atoms with Crippen molar-refractivity contribution in [2.45, 2.75) is 39.7 Å². The van der Waals surface area contributed by atoms with Gasteiger partial charge in [-0.2, -0.15) is 0 Å². The van der Waals surface area contributed by atoms with Crippen molar-refractivity contribution in [2.24, 2.45) is 0 Å². The van der Waals surface area contributed by atoms with E-state index in [0.717, 1.165) is 58.0 Å². The van der Waals surface area contributed by atoms with E-state index < -0.39 is 0 Å². The van der Waals surface area contributed by atoms with Gasteiger partial charge in [0.05, 0.1) is 17.0 Å². The Morgan fingerprint density at radius 3 is 2.79 bits per heavy atom. The van der Waals surface area contributed by atoms with E-state index >= 15 is 0 Å². The molecule has 0 bridgehead atoms. The number of hydrogen-bond donors (Lipinski definition) is 2. The van der Waals surface area contributed by atoms with Crippen LogP contribution in [0.15, 0.2) is 60.8 Å². The van der Waals surface area contributed by atoms with Gasteiger partial charge in [-0.15, -0.1) is 0 Å². The summed E-state index contributed by atoms with van der Waals surface area (Å²) < 4.78 is 5.71. The molecule has 1 aliphatic heterocycles. The summed E-state index contributed by atoms with van der Waals surface area (Å²) in [7, 11) is 0. The fourth-order valence-electron chi connectivity index (χ4n) is 3.83. The molecule has 5 heteroatoms. The molecule has 0 aliphatic carbocycles. The van der Waals surface area contributed by atoms with E-state index in [9.17, 15) is 4.79 Å². The van der Waals surface area contributed by atoms with E-state index in [-0.39, 0.29) is 12.1 Å². The highest BCUT2D eigenvalue weighted by atomic mass is 16.5. The van der Waals surface area contributed by atoms with Crippen LogP contribution in [0, 0.1) is 6.92 Å². The maximum Gasteiger partial charge on any atom is 0.338 e. The predicted octanol–water partition coefficient (Wildman–Crippen LogP) is 3.44. The van der Waals surface area contributed by atoms with Gasteiger partial charge in [0.25, 0.3) is 0 Å². The molecule has 0 saturated carbocycles. The molecule has 2 heterocycles. The molecule has 2 aromatic rings. The largest absolute Gasteiger partial charge is 0.457 e. The number of nitrogens with zero attached hydrogens (tertiary/aromatic N) is 1. The molecule has 1 fully saturated rings. The van der Waals surface area contributed by atoms with Crippen LogP contribution in [0.25, 0.3) is 23.9 Å². The molecule has 172 valence electrons. The first kappa shape index (κ1) is 24.2. The zero-order chi connectivity index (χ0) is 23.8. The number of nitrogens with one attached hydrogen (secondary N) is 2. The van der Waals surface area contributed by atoms with Crippen LogP contribution >= 0.6 is 0 Å². The lowest BCUT2D eigenvalue weighted by atomic mass is 10.0. The van der Waals surface area contributed by atoms with Crippen molar-refractivity contribution < 1.29 is 9.53 Å². The van der Waals surface area contributed by atoms with Gasteiger partial charge in [-0.25, -0.2) is 4.79 Å². The summed E-state index contributed by atoms with van der Waals surface area (Å²) in [5, 5.41) is 8.22. The minimum Gasteiger partial charge on any atom is -0.457 e. The summed E-state index contributed by atoms with van der Waals surface area (Å²) in [5.74, 6) is -0.304. The number of allylic oxidation sites excluding steroid dienone is 2. The molecular weight excluding hydrogens is 410 g/mol. The van der Waals surface area contributed by atoms with Crippen LogP contribution in [-0.2, 0) is 9.53 Å². The Labute approximate surface area is 196 Å². The average molecular weight is 444 g/mol. The number of ether oxygens (including phenoxy) is 1. The molecule has 33 heavy (non-hydrogen) atoms. The van der Waals surface area contributed by atoms with Crippen LogP contribution in [0.4, 0.5) is 0 Å². The van der Waals surface area contributed by atoms with Crippen LogP contribution < -0.4 is 21.1 Å². The van der Waals surface area contributed by atoms with Gasteiger partial charge in [-0.05, 0) is 92.2 Å². The first-order chi connectivity index (χ1) is 15.9. The Morgan fingerprint density at radius 1 is 1.30 bits per heavy atom. The highest BCUT2D eigenvalue weighted by Gasteiger charge is 2.18. The van der Waals surface area contributed by atoms with Crippen LogP contribution in [0.5, 0.6) is 0 Å². The number of piperidine rings is 1. The third kappa shape index (κ3) is 6.30. The van der Waals surface area contributed by atoms with Crippen molar-refractivity contribution in [1.29, 1.82) is 0 Å². The highest BCUT2D eigenvalue weighted by molar-refractivity contribution is 5.97. The minimum absolute atomic E-state index is 0.0836. The average Bonchev–Trinajstić information content (AvgIpc) is 2.82. The molecule has 1 aliphatic rings. The molecule has 1 aromatic carbocycles. The van der Waals surface area contributed by atoms with E-state index in [1.54, 1.807) is 12.3 Å². The molecule has 0 spiro atoms. The number of aromatic nitrogens is 1. The van der Waals surface area contributed by atoms with Crippen LogP contribution in [0.3, 0.4) is 0 Å². The van der Waals surface area contributed by atoms with Crippen molar-refractivity contribution in [3.8, 4) is 0 Å². The van der Waals surface area contributed by atoms with Crippen molar-refractivity contribution in [1.82, 2.24) is 15.6 Å². The lowest BCUT2D eigenvalue weighted by molar-refractivity contribution is -0.144. The summed E-state index contributed by atoms with van der Waals surface area (Å²) >= 11 is 0. The van der Waals surface area contributed by atoms with Gasteiger partial charge in [0, 0.05) is 12.2 Å². The fourth-order valence-corrected chi connectivity index (χ4v) is 3.83. The topological polar surface area (TPSA) is 63.2 Å². The molecular formula is C28H33N3O2. The zero-order valence-electron chi connectivity index (χ0n) is 19.8. The molecule has 0 amide bonds. The third-order valence-corrected chi connectivity index (χ3v) is 5.73. The van der Waals surface area contributed by atoms with E-state index in [1.807, 2.05) is 63.2 Å². The molecule has 0 radical (unpaired) electrons. The second-order valence-electron chi connectivity index (χ2n) is 8.19. The van der Waals surface area contributed by atoms with Gasteiger partial charge < -0.3 is 15.4 Å². The molecule has 1 aromatic heterocycles. The predicted molar refractivity (Wildman–Crippen MR) is 136 cm³/mol. The zero-order valence-corrected chi connectivity index (χ0v) is 19.8. The van der Waals surface area contributed by atoms with Crippen LogP contribution in [0.1, 0.15) is 43.6 Å². The second kappa shape index (κ2) is 11.4. The quantitative estimate of drug-likeness (QED) is 0.507. The van der Waals surface area contributed by atoms with Gasteiger partial charge in [0.2, 0.25) is 0 Å². The number of rotatable bonds is 7. The Balaban J connectivity index is 1.98. The van der Waals surface area contributed by atoms with Gasteiger partial charge >= 0.3 is 5.97 Å². The summed E-state index contributed by atoms with van der Waals surface area (Å²) in [5.41, 5.74) is 5.20. The second-order valence-corrected chi connectivity index (χ2v) is 8.19. The Hall–Kier alpha value is -3.44. The molecule has 5 nitrogen and oxygen atoms in total. The first-order valence-corrected chi connectivity index (χ1v) is 11.3. The number of esters is 1. The summed E-state index contributed by atoms with van der Waals surface area (Å²) in [6, 6.07) is 12.0. The number of hydrogen-bond acceptors (Lipinski definition) is 5. The van der Waals surface area contributed by atoms with Gasteiger partial charge in [-0.3, -0.25) is 4.98 Å². The van der Waals surface area contributed by atoms with Crippen molar-refractivity contribution in [3.63, 3.8) is 0 Å². The number of pyridine rings is 1. The SMILES string of the molecule is C=CN/C(=C(\C)c1ccc(=C)/c(=C\C(=C/C)C(=O)O[C@@H]2CCCNC2)c1)c1cccc(C)n1. The molecule has 1 atom stereocenters. The normalized spacial score (nSPS) is 17.8. The Kier molecular flexibility index (Phi) is 8.39. The maximum atomic E-state index is 12.8. The van der Waals surface area contributed by atoms with Crippen molar-refractivity contribution in [3.05, 3.63) is 88.2 Å². The summed E-state index contributed by atoms with van der Waals surface area (Å²) in [6.07, 6.45) is 7.11. The number of benzene rings is 1. The maximum absolute atomic E-state index is 12.8. The Bertz CT molecular complexity index is 1190. The van der Waals surface area contributed by atoms with Gasteiger partial charge in [-0.1, -0.05) is 37.4 Å². The molecule has 3 rings (SSSR count). The smallest absolute Gasteiger partial charge is 0.338 e. The van der Waals surface area contributed by atoms with Crippen molar-refractivity contribution in [2.75, 3.05) is 13.1 Å². The molecule has 2 N–H and O–H groups in total.